The van der Waals surface area contributed by atoms with Gasteiger partial charge in [-0.15, -0.1) is 5.10 Å². The number of benzene rings is 1. The van der Waals surface area contributed by atoms with Crippen LogP contribution in [-0.2, 0) is 30.8 Å². The van der Waals surface area contributed by atoms with E-state index >= 15 is 0 Å². The zero-order valence-electron chi connectivity index (χ0n) is 20.0. The van der Waals surface area contributed by atoms with Gasteiger partial charge in [0.05, 0.1) is 30.7 Å². The Bertz CT molecular complexity index is 1270. The van der Waals surface area contributed by atoms with Crippen LogP contribution in [0.15, 0.2) is 29.2 Å². The molecule has 0 N–H and O–H groups in total. The summed E-state index contributed by atoms with van der Waals surface area (Å²) in [5, 5.41) is 13.3. The number of rotatable bonds is 6. The van der Waals surface area contributed by atoms with Crippen LogP contribution in [0.4, 0.5) is 10.1 Å². The molecule has 1 saturated heterocycles. The maximum Gasteiger partial charge on any atom is 0.290 e. The fourth-order valence-electron chi connectivity index (χ4n) is 4.77. The fourth-order valence-corrected chi connectivity index (χ4v) is 5.03. The number of anilines is 1. The summed E-state index contributed by atoms with van der Waals surface area (Å²) in [6, 6.07) is 4.87. The van der Waals surface area contributed by atoms with Gasteiger partial charge in [-0.1, -0.05) is 22.9 Å². The first-order chi connectivity index (χ1) is 16.9. The molecule has 2 aliphatic heterocycles. The highest BCUT2D eigenvalue weighted by Crippen LogP contribution is 2.29. The van der Waals surface area contributed by atoms with Crippen molar-refractivity contribution in [3.05, 3.63) is 68.1 Å². The van der Waals surface area contributed by atoms with E-state index in [2.05, 4.69) is 15.4 Å². The normalized spacial score (nSPS) is 18.2. The average Bonchev–Trinajstić information content (AvgIpc) is 3.24. The van der Waals surface area contributed by atoms with Crippen molar-refractivity contribution in [2.45, 2.75) is 51.5 Å². The second-order valence-electron chi connectivity index (χ2n) is 9.38. The summed E-state index contributed by atoms with van der Waals surface area (Å²) in [5.41, 5.74) is 4.07. The fraction of sp³-hybridized carbons (Fsp3) is 0.500. The van der Waals surface area contributed by atoms with Crippen LogP contribution in [0.2, 0.25) is 5.02 Å². The van der Waals surface area contributed by atoms with Gasteiger partial charge >= 0.3 is 0 Å². The van der Waals surface area contributed by atoms with E-state index in [4.69, 9.17) is 16.3 Å². The van der Waals surface area contributed by atoms with Crippen LogP contribution in [0.25, 0.3) is 0 Å². The van der Waals surface area contributed by atoms with E-state index in [0.717, 1.165) is 41.8 Å². The van der Waals surface area contributed by atoms with Gasteiger partial charge in [0.2, 0.25) is 0 Å². The second kappa shape index (κ2) is 10.0. The van der Waals surface area contributed by atoms with Crippen LogP contribution in [0, 0.1) is 5.82 Å². The Kier molecular flexibility index (Phi) is 6.86. The molecule has 5 rings (SSSR count). The predicted octanol–water partition coefficient (Wildman–Crippen LogP) is 3.00. The number of fused-ring (bicyclic) bond motifs is 1. The number of hydrogen-bond donors (Lipinski definition) is 0. The predicted molar refractivity (Wildman–Crippen MR) is 130 cm³/mol. The Morgan fingerprint density at radius 1 is 1.26 bits per heavy atom. The molecule has 186 valence electrons. The van der Waals surface area contributed by atoms with E-state index in [0.29, 0.717) is 44.9 Å². The molecule has 9 nitrogen and oxygen atoms in total. The first-order valence-corrected chi connectivity index (χ1v) is 12.3. The lowest BCUT2D eigenvalue weighted by atomic mass is 10.1. The van der Waals surface area contributed by atoms with Gasteiger partial charge in [0.1, 0.15) is 16.5 Å². The highest BCUT2D eigenvalue weighted by molar-refractivity contribution is 6.33. The minimum Gasteiger partial charge on any atom is -0.362 e. The molecule has 1 aromatic carbocycles. The van der Waals surface area contributed by atoms with E-state index in [-0.39, 0.29) is 22.6 Å². The molecule has 11 heteroatoms. The summed E-state index contributed by atoms with van der Waals surface area (Å²) in [6.45, 7) is 2.91. The minimum atomic E-state index is -0.362. The first-order valence-electron chi connectivity index (χ1n) is 11.9. The zero-order chi connectivity index (χ0) is 24.5. The second-order valence-corrected chi connectivity index (χ2v) is 9.76. The third-order valence-corrected chi connectivity index (χ3v) is 6.90. The molecule has 2 aliphatic rings. The van der Waals surface area contributed by atoms with Crippen LogP contribution in [0.3, 0.4) is 0 Å². The Morgan fingerprint density at radius 2 is 2.11 bits per heavy atom. The van der Waals surface area contributed by atoms with Crippen LogP contribution in [0.5, 0.6) is 0 Å². The lowest BCUT2D eigenvalue weighted by molar-refractivity contribution is -0.0424. The van der Waals surface area contributed by atoms with Gasteiger partial charge in [-0.2, -0.15) is 9.78 Å². The smallest absolute Gasteiger partial charge is 0.290 e. The Hall–Kier alpha value is -2.82. The summed E-state index contributed by atoms with van der Waals surface area (Å²) in [7, 11) is 3.92. The molecule has 3 aromatic rings. The Morgan fingerprint density at radius 3 is 2.89 bits per heavy atom. The lowest BCUT2D eigenvalue weighted by Crippen LogP contribution is -2.36. The van der Waals surface area contributed by atoms with Crippen LogP contribution in [-0.4, -0.2) is 56.9 Å². The average molecular weight is 502 g/mol. The van der Waals surface area contributed by atoms with Crippen molar-refractivity contribution in [3.8, 4) is 0 Å². The van der Waals surface area contributed by atoms with E-state index < -0.39 is 0 Å². The summed E-state index contributed by atoms with van der Waals surface area (Å²) in [5.74, 6) is -0.246. The largest absolute Gasteiger partial charge is 0.362 e. The van der Waals surface area contributed by atoms with Gasteiger partial charge in [-0.25, -0.2) is 9.07 Å². The van der Waals surface area contributed by atoms with E-state index in [1.165, 1.54) is 10.7 Å². The van der Waals surface area contributed by atoms with E-state index in [9.17, 15) is 9.18 Å². The molecule has 0 radical (unpaired) electrons. The van der Waals surface area contributed by atoms with Crippen molar-refractivity contribution in [2.24, 2.45) is 0 Å². The topological polar surface area (TPSA) is 81.3 Å². The molecule has 0 bridgehead atoms. The third-order valence-electron chi connectivity index (χ3n) is 6.55. The molecule has 0 saturated carbocycles. The summed E-state index contributed by atoms with van der Waals surface area (Å²) < 4.78 is 22.8. The van der Waals surface area contributed by atoms with Crippen LogP contribution < -0.4 is 10.5 Å². The highest BCUT2D eigenvalue weighted by atomic mass is 35.5. The van der Waals surface area contributed by atoms with Gasteiger partial charge in [0, 0.05) is 26.1 Å². The number of ether oxygens (including phenoxy) is 1. The number of halogens is 2. The third kappa shape index (κ3) is 4.96. The Labute approximate surface area is 208 Å². The molecule has 1 atom stereocenters. The van der Waals surface area contributed by atoms with Gasteiger partial charge in [-0.05, 0) is 56.6 Å². The maximum atomic E-state index is 13.8. The standard InChI is InChI=1S/C24H29ClFN7O2/c1-30(2)13-17-11-18(26)7-6-16(17)14-32-20-8-9-31(15-19(20)28-29-32)21-12-27-33(24(34)23(21)25)22-5-3-4-10-35-22/h6-7,11-12,22H,3-5,8-10,13-15H2,1-2H3. The van der Waals surface area contributed by atoms with Crippen molar-refractivity contribution >= 4 is 17.3 Å². The monoisotopic (exact) mass is 501 g/mol. The van der Waals surface area contributed by atoms with Crippen molar-refractivity contribution in [1.82, 2.24) is 29.7 Å². The van der Waals surface area contributed by atoms with E-state index in [1.54, 1.807) is 12.3 Å². The quantitative estimate of drug-likeness (QED) is 0.513. The van der Waals surface area contributed by atoms with Crippen molar-refractivity contribution in [2.75, 3.05) is 32.1 Å². The van der Waals surface area contributed by atoms with Gasteiger partial charge in [0.25, 0.3) is 5.56 Å². The van der Waals surface area contributed by atoms with E-state index in [1.807, 2.05) is 34.6 Å². The van der Waals surface area contributed by atoms with Crippen molar-refractivity contribution in [3.63, 3.8) is 0 Å². The zero-order valence-corrected chi connectivity index (χ0v) is 20.7. The summed E-state index contributed by atoms with van der Waals surface area (Å²) in [6.07, 6.45) is 4.72. The molecular weight excluding hydrogens is 473 g/mol. The van der Waals surface area contributed by atoms with Gasteiger partial charge < -0.3 is 14.5 Å². The highest BCUT2D eigenvalue weighted by Gasteiger charge is 2.27. The minimum absolute atomic E-state index is 0.143. The van der Waals surface area contributed by atoms with Crippen LogP contribution in [0.1, 0.15) is 48.0 Å². The SMILES string of the molecule is CN(C)Cc1cc(F)ccc1Cn1nnc2c1CCN(c1cnn(C3CCCCO3)c(=O)c1Cl)C2. The maximum absolute atomic E-state index is 13.8. The molecular formula is C24H29ClFN7O2. The van der Waals surface area contributed by atoms with Crippen LogP contribution >= 0.6 is 11.6 Å². The molecule has 35 heavy (non-hydrogen) atoms. The Balaban J connectivity index is 1.35. The molecule has 0 spiro atoms. The summed E-state index contributed by atoms with van der Waals surface area (Å²) >= 11 is 6.52. The molecule has 4 heterocycles. The molecule has 1 unspecified atom stereocenters. The lowest BCUT2D eigenvalue weighted by Gasteiger charge is -2.29. The molecule has 0 amide bonds. The number of aromatic nitrogens is 5. The van der Waals surface area contributed by atoms with Crippen molar-refractivity contribution < 1.29 is 9.13 Å². The molecule has 1 fully saturated rings. The first kappa shape index (κ1) is 23.9. The van der Waals surface area contributed by atoms with Crippen molar-refractivity contribution in [1.29, 1.82) is 0 Å². The summed E-state index contributed by atoms with van der Waals surface area (Å²) in [4.78, 5) is 16.9. The molecule has 0 aliphatic carbocycles. The number of hydrogen-bond acceptors (Lipinski definition) is 7. The molecule has 2 aromatic heterocycles. The number of nitrogens with zero attached hydrogens (tertiary/aromatic N) is 7. The van der Waals surface area contributed by atoms with Gasteiger partial charge in [0.15, 0.2) is 6.23 Å². The van der Waals surface area contributed by atoms with Gasteiger partial charge in [-0.3, -0.25) is 4.79 Å².